The number of rotatable bonds is 5. The van der Waals surface area contributed by atoms with Crippen molar-refractivity contribution in [3.8, 4) is 11.4 Å². The van der Waals surface area contributed by atoms with E-state index >= 15 is 0 Å². The average molecular weight is 418 g/mol. The highest BCUT2D eigenvalue weighted by Gasteiger charge is 2.19. The molecule has 8 heteroatoms. The van der Waals surface area contributed by atoms with E-state index in [2.05, 4.69) is 13.8 Å². The van der Waals surface area contributed by atoms with Gasteiger partial charge in [0.05, 0.1) is 10.4 Å². The van der Waals surface area contributed by atoms with Gasteiger partial charge < -0.3 is 4.57 Å². The van der Waals surface area contributed by atoms with E-state index in [-0.39, 0.29) is 16.5 Å². The Bertz CT molecular complexity index is 1430. The molecule has 0 bridgehead atoms. The first-order valence-electron chi connectivity index (χ1n) is 10.1. The number of benzene rings is 2. The zero-order valence-corrected chi connectivity index (χ0v) is 17.5. The zero-order valence-electron chi connectivity index (χ0n) is 17.5. The van der Waals surface area contributed by atoms with Crippen molar-refractivity contribution in [2.45, 2.75) is 26.8 Å². The number of hydrogen-bond donors (Lipinski definition) is 0. The summed E-state index contributed by atoms with van der Waals surface area (Å²) in [6.07, 6.45) is 0.723. The van der Waals surface area contributed by atoms with Crippen molar-refractivity contribution >= 4 is 27.6 Å². The molecule has 0 aliphatic rings. The van der Waals surface area contributed by atoms with Gasteiger partial charge >= 0.3 is 0 Å². The number of non-ortho nitro benzene ring substituents is 1. The molecule has 0 amide bonds. The summed E-state index contributed by atoms with van der Waals surface area (Å²) in [5, 5.41) is 11.5. The third-order valence-corrected chi connectivity index (χ3v) is 5.47. The zero-order chi connectivity index (χ0) is 22.3. The van der Waals surface area contributed by atoms with Crippen LogP contribution in [0.25, 0.3) is 33.3 Å². The van der Waals surface area contributed by atoms with Gasteiger partial charge in [-0.05, 0) is 36.6 Å². The lowest BCUT2D eigenvalue weighted by Crippen LogP contribution is -2.29. The van der Waals surface area contributed by atoms with E-state index in [4.69, 9.17) is 4.98 Å². The molecule has 0 aliphatic carbocycles. The molecular formula is C23H22N4O4. The van der Waals surface area contributed by atoms with Gasteiger partial charge in [0.1, 0.15) is 11.2 Å². The van der Waals surface area contributed by atoms with Crippen LogP contribution in [0, 0.1) is 16.0 Å². The quantitative estimate of drug-likeness (QED) is 0.278. The van der Waals surface area contributed by atoms with Crippen LogP contribution >= 0.6 is 0 Å². The van der Waals surface area contributed by atoms with E-state index in [0.29, 0.717) is 40.4 Å². The number of para-hydroxylation sites is 1. The molecule has 0 N–H and O–H groups in total. The van der Waals surface area contributed by atoms with Gasteiger partial charge in [-0.3, -0.25) is 24.3 Å². The van der Waals surface area contributed by atoms with Crippen LogP contribution in [0.2, 0.25) is 0 Å². The third kappa shape index (κ3) is 3.50. The van der Waals surface area contributed by atoms with Crippen molar-refractivity contribution in [3.63, 3.8) is 0 Å². The second kappa shape index (κ2) is 7.79. The second-order valence-electron chi connectivity index (χ2n) is 7.98. The van der Waals surface area contributed by atoms with Gasteiger partial charge in [-0.25, -0.2) is 4.98 Å². The number of nitro groups is 1. The van der Waals surface area contributed by atoms with Crippen molar-refractivity contribution in [2.24, 2.45) is 13.0 Å². The van der Waals surface area contributed by atoms with Gasteiger partial charge in [0, 0.05) is 36.7 Å². The molecule has 0 unspecified atom stereocenters. The standard InChI is InChI=1S/C23H22N4O4/c1-14(2)12-13-26-21(15-8-10-16(11-9-15)27(30)31)24-22-19(23(26)29)20(28)17-6-4-5-7-18(17)25(22)3/h4-11,14H,12-13H2,1-3H3. The maximum Gasteiger partial charge on any atom is 0.269 e. The van der Waals surface area contributed by atoms with Crippen LogP contribution in [-0.2, 0) is 13.6 Å². The van der Waals surface area contributed by atoms with Crippen LogP contribution in [0.1, 0.15) is 20.3 Å². The van der Waals surface area contributed by atoms with Gasteiger partial charge in [0.2, 0.25) is 5.43 Å². The predicted molar refractivity (Wildman–Crippen MR) is 120 cm³/mol. The fourth-order valence-corrected chi connectivity index (χ4v) is 3.74. The number of pyridine rings is 1. The normalized spacial score (nSPS) is 11.5. The molecule has 4 rings (SSSR count). The highest BCUT2D eigenvalue weighted by molar-refractivity contribution is 5.91. The van der Waals surface area contributed by atoms with Gasteiger partial charge in [-0.2, -0.15) is 0 Å². The molecule has 8 nitrogen and oxygen atoms in total. The number of nitro benzene ring substituents is 1. The second-order valence-corrected chi connectivity index (χ2v) is 7.98. The molecule has 0 aliphatic heterocycles. The van der Waals surface area contributed by atoms with E-state index in [9.17, 15) is 19.7 Å². The number of aryl methyl sites for hydroxylation is 1. The largest absolute Gasteiger partial charge is 0.328 e. The summed E-state index contributed by atoms with van der Waals surface area (Å²) in [7, 11) is 1.77. The van der Waals surface area contributed by atoms with E-state index in [1.165, 1.54) is 16.7 Å². The van der Waals surface area contributed by atoms with Crippen molar-refractivity contribution < 1.29 is 4.92 Å². The van der Waals surface area contributed by atoms with Crippen LogP contribution in [-0.4, -0.2) is 19.0 Å². The molecule has 0 saturated heterocycles. The van der Waals surface area contributed by atoms with E-state index in [1.807, 2.05) is 12.1 Å². The maximum absolute atomic E-state index is 13.5. The minimum atomic E-state index is -0.473. The number of nitrogens with zero attached hydrogens (tertiary/aromatic N) is 4. The molecule has 0 saturated carbocycles. The van der Waals surface area contributed by atoms with Crippen LogP contribution in [0.3, 0.4) is 0 Å². The molecule has 2 heterocycles. The van der Waals surface area contributed by atoms with Crippen LogP contribution < -0.4 is 11.0 Å². The smallest absolute Gasteiger partial charge is 0.269 e. The SMILES string of the molecule is CC(C)CCn1c(-c2ccc([N+](=O)[O-])cc2)nc2c(c(=O)c3ccccc3n2C)c1=O. The summed E-state index contributed by atoms with van der Waals surface area (Å²) >= 11 is 0. The lowest BCUT2D eigenvalue weighted by atomic mass is 10.1. The summed E-state index contributed by atoms with van der Waals surface area (Å²) in [5.41, 5.74) is 0.775. The maximum atomic E-state index is 13.5. The Morgan fingerprint density at radius 3 is 2.39 bits per heavy atom. The van der Waals surface area contributed by atoms with E-state index in [0.717, 1.165) is 6.42 Å². The molecule has 2 aromatic heterocycles. The monoisotopic (exact) mass is 418 g/mol. The molecule has 0 radical (unpaired) electrons. The summed E-state index contributed by atoms with van der Waals surface area (Å²) in [6, 6.07) is 13.1. The molecule has 0 atom stereocenters. The van der Waals surface area contributed by atoms with Crippen LogP contribution in [0.5, 0.6) is 0 Å². The third-order valence-electron chi connectivity index (χ3n) is 5.47. The Hall–Kier alpha value is -3.81. The number of hydrogen-bond acceptors (Lipinski definition) is 5. The van der Waals surface area contributed by atoms with E-state index < -0.39 is 10.5 Å². The minimum Gasteiger partial charge on any atom is -0.328 e. The lowest BCUT2D eigenvalue weighted by Gasteiger charge is -2.17. The Kier molecular flexibility index (Phi) is 5.14. The molecule has 2 aromatic carbocycles. The van der Waals surface area contributed by atoms with Gasteiger partial charge in [-0.1, -0.05) is 26.0 Å². The van der Waals surface area contributed by atoms with E-state index in [1.54, 1.807) is 35.9 Å². The van der Waals surface area contributed by atoms with Crippen LogP contribution in [0.4, 0.5) is 5.69 Å². The molecule has 0 spiro atoms. The summed E-state index contributed by atoms with van der Waals surface area (Å²) in [4.78, 5) is 42.0. The summed E-state index contributed by atoms with van der Waals surface area (Å²) < 4.78 is 3.26. The molecule has 31 heavy (non-hydrogen) atoms. The minimum absolute atomic E-state index is 0.0426. The molecule has 4 aromatic rings. The van der Waals surface area contributed by atoms with Crippen LogP contribution in [0.15, 0.2) is 58.1 Å². The fraction of sp³-hybridized carbons (Fsp3) is 0.261. The Morgan fingerprint density at radius 2 is 1.74 bits per heavy atom. The molecule has 158 valence electrons. The van der Waals surface area contributed by atoms with Crippen molar-refractivity contribution in [3.05, 3.63) is 79.2 Å². The first kappa shape index (κ1) is 20.5. The average Bonchev–Trinajstić information content (AvgIpc) is 2.76. The van der Waals surface area contributed by atoms with Crippen molar-refractivity contribution in [1.82, 2.24) is 14.1 Å². The Morgan fingerprint density at radius 1 is 1.06 bits per heavy atom. The predicted octanol–water partition coefficient (Wildman–Crippen LogP) is 3.87. The first-order valence-corrected chi connectivity index (χ1v) is 10.1. The van der Waals surface area contributed by atoms with Gasteiger partial charge in [-0.15, -0.1) is 0 Å². The van der Waals surface area contributed by atoms with Crippen molar-refractivity contribution in [1.29, 1.82) is 0 Å². The van der Waals surface area contributed by atoms with Gasteiger partial charge in [0.15, 0.2) is 5.65 Å². The first-order chi connectivity index (χ1) is 14.8. The highest BCUT2D eigenvalue weighted by atomic mass is 16.6. The molecule has 0 fully saturated rings. The Labute approximate surface area is 177 Å². The fourth-order valence-electron chi connectivity index (χ4n) is 3.74. The Balaban J connectivity index is 2.08. The number of fused-ring (bicyclic) bond motifs is 2. The number of aromatic nitrogens is 3. The van der Waals surface area contributed by atoms with Gasteiger partial charge in [0.25, 0.3) is 11.2 Å². The van der Waals surface area contributed by atoms with Crippen molar-refractivity contribution in [2.75, 3.05) is 0 Å². The summed E-state index contributed by atoms with van der Waals surface area (Å²) in [5.74, 6) is 0.727. The highest BCUT2D eigenvalue weighted by Crippen LogP contribution is 2.23. The topological polar surface area (TPSA) is 100 Å². The molecular weight excluding hydrogens is 396 g/mol. The summed E-state index contributed by atoms with van der Waals surface area (Å²) in [6.45, 7) is 4.50. The lowest BCUT2D eigenvalue weighted by molar-refractivity contribution is -0.384.